The van der Waals surface area contributed by atoms with Gasteiger partial charge in [-0.1, -0.05) is 35.9 Å². The zero-order chi connectivity index (χ0) is 15.4. The van der Waals surface area contributed by atoms with E-state index in [0.717, 1.165) is 10.5 Å². The Morgan fingerprint density at radius 3 is 2.52 bits per heavy atom. The van der Waals surface area contributed by atoms with E-state index >= 15 is 0 Å². The molecule has 2 aromatic carbocycles. The van der Waals surface area contributed by atoms with Crippen LogP contribution in [0.15, 0.2) is 47.4 Å². The summed E-state index contributed by atoms with van der Waals surface area (Å²) in [5.41, 5.74) is 3.68. The number of hydrogen-bond acceptors (Lipinski definition) is 2. The fourth-order valence-electron chi connectivity index (χ4n) is 2.18. The first-order chi connectivity index (χ1) is 10.0. The van der Waals surface area contributed by atoms with Crippen molar-refractivity contribution < 1.29 is 4.21 Å². The lowest BCUT2D eigenvalue weighted by Crippen LogP contribution is -2.23. The molecule has 0 amide bonds. The summed E-state index contributed by atoms with van der Waals surface area (Å²) in [7, 11) is 0.815. The average molecular weight is 322 g/mol. The van der Waals surface area contributed by atoms with Crippen LogP contribution in [0.25, 0.3) is 0 Å². The highest BCUT2D eigenvalue weighted by atomic mass is 35.5. The van der Waals surface area contributed by atoms with Crippen LogP contribution in [-0.4, -0.2) is 17.0 Å². The van der Waals surface area contributed by atoms with E-state index in [4.69, 9.17) is 11.6 Å². The molecule has 0 spiro atoms. The maximum absolute atomic E-state index is 12.5. The summed E-state index contributed by atoms with van der Waals surface area (Å²) < 4.78 is 12.5. The highest BCUT2D eigenvalue weighted by Gasteiger charge is 2.15. The van der Waals surface area contributed by atoms with Gasteiger partial charge in [-0.25, -0.2) is 0 Å². The van der Waals surface area contributed by atoms with Crippen LogP contribution in [0.4, 0.5) is 0 Å². The highest BCUT2D eigenvalue weighted by Crippen LogP contribution is 2.21. The van der Waals surface area contributed by atoms with Gasteiger partial charge in [0, 0.05) is 21.7 Å². The third kappa shape index (κ3) is 4.16. The standard InChI is InChI=1S/C17H20ClNOS/c1-12-7-8-14(9-13(12)2)17(19-3)11-21(20)16-6-4-5-15(18)10-16/h4-10,17,19H,11H2,1-3H3. The van der Waals surface area contributed by atoms with Crippen molar-refractivity contribution in [1.82, 2.24) is 5.32 Å². The molecule has 0 aliphatic rings. The van der Waals surface area contributed by atoms with E-state index in [0.29, 0.717) is 10.8 Å². The lowest BCUT2D eigenvalue weighted by Gasteiger charge is -2.17. The van der Waals surface area contributed by atoms with Gasteiger partial charge >= 0.3 is 0 Å². The van der Waals surface area contributed by atoms with Gasteiger partial charge in [-0.3, -0.25) is 4.21 Å². The number of hydrogen-bond donors (Lipinski definition) is 1. The van der Waals surface area contributed by atoms with E-state index in [1.165, 1.54) is 11.1 Å². The van der Waals surface area contributed by atoms with Crippen molar-refractivity contribution in [1.29, 1.82) is 0 Å². The van der Waals surface area contributed by atoms with Gasteiger partial charge in [0.1, 0.15) is 0 Å². The number of rotatable bonds is 5. The molecule has 2 atom stereocenters. The van der Waals surface area contributed by atoms with Crippen LogP contribution in [0.3, 0.4) is 0 Å². The van der Waals surface area contributed by atoms with Crippen molar-refractivity contribution >= 4 is 22.4 Å². The minimum atomic E-state index is -1.08. The maximum Gasteiger partial charge on any atom is 0.0549 e. The summed E-state index contributed by atoms with van der Waals surface area (Å²) in [6, 6.07) is 13.7. The van der Waals surface area contributed by atoms with E-state index in [9.17, 15) is 4.21 Å². The van der Waals surface area contributed by atoms with Crippen LogP contribution in [0.2, 0.25) is 5.02 Å². The fraction of sp³-hybridized carbons (Fsp3) is 0.294. The third-order valence-corrected chi connectivity index (χ3v) is 5.31. The molecular formula is C17H20ClNOS. The molecule has 0 saturated carbocycles. The fourth-order valence-corrected chi connectivity index (χ4v) is 3.78. The van der Waals surface area contributed by atoms with Crippen LogP contribution < -0.4 is 5.32 Å². The number of halogens is 1. The van der Waals surface area contributed by atoms with Crippen molar-refractivity contribution in [3.8, 4) is 0 Å². The molecule has 2 nitrogen and oxygen atoms in total. The second-order valence-electron chi connectivity index (χ2n) is 5.15. The summed E-state index contributed by atoms with van der Waals surface area (Å²) in [6.45, 7) is 4.19. The second-order valence-corrected chi connectivity index (χ2v) is 7.09. The molecule has 1 N–H and O–H groups in total. The molecule has 4 heteroatoms. The summed E-state index contributed by atoms with van der Waals surface area (Å²) in [4.78, 5) is 0.770. The molecular weight excluding hydrogens is 302 g/mol. The topological polar surface area (TPSA) is 29.1 Å². The van der Waals surface area contributed by atoms with Crippen molar-refractivity contribution in [2.75, 3.05) is 12.8 Å². The van der Waals surface area contributed by atoms with Gasteiger partial charge in [0.2, 0.25) is 0 Å². The first-order valence-electron chi connectivity index (χ1n) is 6.89. The summed E-state index contributed by atoms with van der Waals surface area (Å²) in [5, 5.41) is 3.87. The molecule has 2 rings (SSSR count). The van der Waals surface area contributed by atoms with E-state index < -0.39 is 10.8 Å². The Hall–Kier alpha value is -1.16. The van der Waals surface area contributed by atoms with Crippen LogP contribution in [-0.2, 0) is 10.8 Å². The van der Waals surface area contributed by atoms with Gasteiger partial charge < -0.3 is 5.32 Å². The molecule has 21 heavy (non-hydrogen) atoms. The monoisotopic (exact) mass is 321 g/mol. The van der Waals surface area contributed by atoms with Crippen LogP contribution in [0.5, 0.6) is 0 Å². The molecule has 0 radical (unpaired) electrons. The maximum atomic E-state index is 12.5. The lowest BCUT2D eigenvalue weighted by molar-refractivity contribution is 0.635. The van der Waals surface area contributed by atoms with Gasteiger partial charge in [-0.05, 0) is 55.8 Å². The van der Waals surface area contributed by atoms with Gasteiger partial charge in [0.25, 0.3) is 0 Å². The zero-order valence-electron chi connectivity index (χ0n) is 12.5. The molecule has 0 aromatic heterocycles. The first-order valence-corrected chi connectivity index (χ1v) is 8.59. The highest BCUT2D eigenvalue weighted by molar-refractivity contribution is 7.85. The summed E-state index contributed by atoms with van der Waals surface area (Å²) in [5.74, 6) is 0.527. The Kier molecular flexibility index (Phi) is 5.57. The number of benzene rings is 2. The predicted octanol–water partition coefficient (Wildman–Crippen LogP) is 4.03. The minimum absolute atomic E-state index is 0.0594. The van der Waals surface area contributed by atoms with E-state index in [2.05, 4.69) is 37.4 Å². The lowest BCUT2D eigenvalue weighted by atomic mass is 10.0. The van der Waals surface area contributed by atoms with Gasteiger partial charge in [-0.15, -0.1) is 0 Å². The predicted molar refractivity (Wildman–Crippen MR) is 90.4 cm³/mol. The molecule has 0 aliphatic carbocycles. The molecule has 0 fully saturated rings. The Labute approximate surface area is 134 Å². The average Bonchev–Trinajstić information content (AvgIpc) is 2.47. The molecule has 0 saturated heterocycles. The SMILES string of the molecule is CNC(CS(=O)c1cccc(Cl)c1)c1ccc(C)c(C)c1. The zero-order valence-corrected chi connectivity index (χ0v) is 14.1. The van der Waals surface area contributed by atoms with Crippen molar-refractivity contribution in [2.24, 2.45) is 0 Å². The van der Waals surface area contributed by atoms with Crippen molar-refractivity contribution in [3.63, 3.8) is 0 Å². The quantitative estimate of drug-likeness (QED) is 0.901. The van der Waals surface area contributed by atoms with Crippen LogP contribution in [0.1, 0.15) is 22.7 Å². The Bertz CT molecular complexity index is 657. The van der Waals surface area contributed by atoms with Gasteiger partial charge in [-0.2, -0.15) is 0 Å². The molecule has 112 valence electrons. The number of aryl methyl sites for hydroxylation is 2. The molecule has 2 unspecified atom stereocenters. The third-order valence-electron chi connectivity index (χ3n) is 3.66. The normalized spacial score (nSPS) is 13.9. The Morgan fingerprint density at radius 2 is 1.90 bits per heavy atom. The second kappa shape index (κ2) is 7.21. The Morgan fingerprint density at radius 1 is 1.14 bits per heavy atom. The van der Waals surface area contributed by atoms with Crippen LogP contribution in [0, 0.1) is 13.8 Å². The van der Waals surface area contributed by atoms with Crippen molar-refractivity contribution in [3.05, 3.63) is 64.2 Å². The van der Waals surface area contributed by atoms with Crippen LogP contribution >= 0.6 is 11.6 Å². The van der Waals surface area contributed by atoms with Crippen molar-refractivity contribution in [2.45, 2.75) is 24.8 Å². The Balaban J connectivity index is 2.18. The van der Waals surface area contributed by atoms with Gasteiger partial charge in [0.15, 0.2) is 0 Å². The molecule has 0 bridgehead atoms. The van der Waals surface area contributed by atoms with E-state index in [-0.39, 0.29) is 6.04 Å². The minimum Gasteiger partial charge on any atom is -0.312 e. The van der Waals surface area contributed by atoms with E-state index in [1.54, 1.807) is 12.1 Å². The molecule has 0 heterocycles. The molecule has 2 aromatic rings. The summed E-state index contributed by atoms with van der Waals surface area (Å²) >= 11 is 5.96. The van der Waals surface area contributed by atoms with E-state index in [1.807, 2.05) is 19.2 Å². The number of nitrogens with one attached hydrogen (secondary N) is 1. The summed E-state index contributed by atoms with van der Waals surface area (Å²) in [6.07, 6.45) is 0. The largest absolute Gasteiger partial charge is 0.312 e. The first kappa shape index (κ1) is 16.2. The smallest absolute Gasteiger partial charge is 0.0549 e. The molecule has 0 aliphatic heterocycles. The van der Waals surface area contributed by atoms with Gasteiger partial charge in [0.05, 0.1) is 10.8 Å².